The van der Waals surface area contributed by atoms with Gasteiger partial charge in [-0.05, 0) is 30.5 Å². The van der Waals surface area contributed by atoms with Crippen LogP contribution in [0.25, 0.3) is 0 Å². The van der Waals surface area contributed by atoms with Gasteiger partial charge in [-0.25, -0.2) is 0 Å². The molecule has 1 saturated heterocycles. The van der Waals surface area contributed by atoms with E-state index in [0.717, 1.165) is 25.9 Å². The van der Waals surface area contributed by atoms with E-state index in [9.17, 15) is 5.11 Å². The molecule has 1 fully saturated rings. The molecule has 94 valence electrons. The molecule has 2 unspecified atom stereocenters. The predicted octanol–water partition coefficient (Wildman–Crippen LogP) is 1.41. The van der Waals surface area contributed by atoms with Crippen molar-refractivity contribution < 1.29 is 5.11 Å². The minimum absolute atomic E-state index is 0.170. The van der Waals surface area contributed by atoms with Crippen molar-refractivity contribution in [3.05, 3.63) is 29.8 Å². The van der Waals surface area contributed by atoms with Gasteiger partial charge in [0.2, 0.25) is 0 Å². The van der Waals surface area contributed by atoms with Gasteiger partial charge in [0.1, 0.15) is 0 Å². The van der Waals surface area contributed by atoms with Crippen LogP contribution in [0.2, 0.25) is 0 Å². The molecule has 17 heavy (non-hydrogen) atoms. The fraction of sp³-hybridized carbons (Fsp3) is 0.571. The van der Waals surface area contributed by atoms with Crippen LogP contribution >= 0.6 is 0 Å². The Bertz CT molecular complexity index is 350. The molecular formula is C14H22N2O. The maximum absolute atomic E-state index is 9.47. The van der Waals surface area contributed by atoms with Crippen LogP contribution in [-0.4, -0.2) is 37.4 Å². The molecule has 2 atom stereocenters. The molecule has 3 heteroatoms. The van der Waals surface area contributed by atoms with E-state index in [4.69, 9.17) is 0 Å². The van der Waals surface area contributed by atoms with Crippen LogP contribution in [-0.2, 0) is 6.42 Å². The average molecular weight is 234 g/mol. The van der Waals surface area contributed by atoms with Gasteiger partial charge in [-0.1, -0.05) is 19.1 Å². The quantitative estimate of drug-likeness (QED) is 0.827. The Morgan fingerprint density at radius 3 is 2.59 bits per heavy atom. The van der Waals surface area contributed by atoms with Crippen molar-refractivity contribution in [2.24, 2.45) is 0 Å². The van der Waals surface area contributed by atoms with Crippen LogP contribution < -0.4 is 10.2 Å². The van der Waals surface area contributed by atoms with Crippen molar-refractivity contribution in [2.75, 3.05) is 25.0 Å². The normalized spacial score (nSPS) is 23.9. The first-order valence-corrected chi connectivity index (χ1v) is 6.40. The molecule has 0 aromatic heterocycles. The lowest BCUT2D eigenvalue weighted by Gasteiger charge is -2.23. The number of rotatable bonds is 4. The van der Waals surface area contributed by atoms with Gasteiger partial charge in [0.05, 0.1) is 6.10 Å². The second kappa shape index (κ2) is 5.52. The zero-order valence-corrected chi connectivity index (χ0v) is 10.7. The lowest BCUT2D eigenvalue weighted by molar-refractivity contribution is 0.193. The highest BCUT2D eigenvalue weighted by molar-refractivity contribution is 5.47. The van der Waals surface area contributed by atoms with Gasteiger partial charge in [-0.3, -0.25) is 0 Å². The highest BCUT2D eigenvalue weighted by atomic mass is 16.3. The molecule has 1 aromatic carbocycles. The molecule has 0 bridgehead atoms. The van der Waals surface area contributed by atoms with Crippen LogP contribution in [0, 0.1) is 0 Å². The number of nitrogens with zero attached hydrogens (tertiary/aromatic N) is 1. The molecule has 3 nitrogen and oxygen atoms in total. The number of likely N-dealkylation sites (N-methyl/N-ethyl adjacent to an activating group) is 1. The zero-order valence-electron chi connectivity index (χ0n) is 10.7. The maximum Gasteiger partial charge on any atom is 0.0680 e. The lowest BCUT2D eigenvalue weighted by atomic mass is 10.1. The zero-order chi connectivity index (χ0) is 12.3. The average Bonchev–Trinajstić information content (AvgIpc) is 2.75. The van der Waals surface area contributed by atoms with E-state index in [1.54, 1.807) is 0 Å². The Morgan fingerprint density at radius 1 is 1.35 bits per heavy atom. The number of aryl methyl sites for hydroxylation is 1. The summed E-state index contributed by atoms with van der Waals surface area (Å²) in [4.78, 5) is 2.25. The number of aliphatic hydroxyl groups excluding tert-OH is 1. The van der Waals surface area contributed by atoms with E-state index in [1.165, 1.54) is 11.3 Å². The van der Waals surface area contributed by atoms with Gasteiger partial charge >= 0.3 is 0 Å². The molecule has 0 saturated carbocycles. The van der Waals surface area contributed by atoms with E-state index in [0.29, 0.717) is 6.04 Å². The van der Waals surface area contributed by atoms with Gasteiger partial charge < -0.3 is 15.3 Å². The second-order valence-corrected chi connectivity index (χ2v) is 4.90. The molecule has 1 heterocycles. The van der Waals surface area contributed by atoms with Crippen molar-refractivity contribution in [3.8, 4) is 0 Å². The Kier molecular flexibility index (Phi) is 4.02. The fourth-order valence-electron chi connectivity index (χ4n) is 2.36. The van der Waals surface area contributed by atoms with Crippen LogP contribution in [0.3, 0.4) is 0 Å². The molecule has 0 spiro atoms. The fourth-order valence-corrected chi connectivity index (χ4v) is 2.36. The van der Waals surface area contributed by atoms with E-state index in [1.807, 2.05) is 0 Å². The minimum atomic E-state index is -0.170. The lowest BCUT2D eigenvalue weighted by Crippen LogP contribution is -2.35. The second-order valence-electron chi connectivity index (χ2n) is 4.90. The number of nitrogens with one attached hydrogen (secondary N) is 1. The Balaban J connectivity index is 1.92. The molecule has 0 aliphatic carbocycles. The Morgan fingerprint density at radius 2 is 2.06 bits per heavy atom. The summed E-state index contributed by atoms with van der Waals surface area (Å²) in [6, 6.07) is 9.11. The molecule has 1 aliphatic rings. The summed E-state index contributed by atoms with van der Waals surface area (Å²) in [5, 5.41) is 12.8. The van der Waals surface area contributed by atoms with E-state index >= 15 is 0 Å². The van der Waals surface area contributed by atoms with Gasteiger partial charge in [0.15, 0.2) is 0 Å². The number of β-amino-alcohol motifs (C(OH)–C–C–N with tert-alkyl or cyclic N) is 1. The Labute approximate surface area is 103 Å². The predicted molar refractivity (Wildman–Crippen MR) is 71.5 cm³/mol. The third-order valence-electron chi connectivity index (χ3n) is 3.48. The van der Waals surface area contributed by atoms with E-state index < -0.39 is 0 Å². The first-order chi connectivity index (χ1) is 8.19. The minimum Gasteiger partial charge on any atom is -0.392 e. The summed E-state index contributed by atoms with van der Waals surface area (Å²) in [5.41, 5.74) is 2.61. The van der Waals surface area contributed by atoms with Crippen molar-refractivity contribution in [2.45, 2.75) is 31.9 Å². The van der Waals surface area contributed by atoms with Crippen LogP contribution in [0.5, 0.6) is 0 Å². The van der Waals surface area contributed by atoms with Crippen LogP contribution in [0.15, 0.2) is 24.3 Å². The number of benzene rings is 1. The van der Waals surface area contributed by atoms with Crippen molar-refractivity contribution in [1.29, 1.82) is 0 Å². The van der Waals surface area contributed by atoms with Crippen molar-refractivity contribution in [3.63, 3.8) is 0 Å². The smallest absolute Gasteiger partial charge is 0.0680 e. The number of anilines is 1. The molecule has 2 rings (SSSR count). The standard InChI is InChI=1S/C14H22N2O/c1-3-11-4-6-13(7-5-11)16(2)10-12-8-14(17)9-15-12/h4-7,12,14-15,17H,3,8-10H2,1-2H3. The Hall–Kier alpha value is -1.06. The monoisotopic (exact) mass is 234 g/mol. The first kappa shape index (κ1) is 12.4. The third kappa shape index (κ3) is 3.20. The van der Waals surface area contributed by atoms with Crippen LogP contribution in [0.4, 0.5) is 5.69 Å². The van der Waals surface area contributed by atoms with Gasteiger partial charge in [-0.15, -0.1) is 0 Å². The SMILES string of the molecule is CCc1ccc(N(C)CC2CC(O)CN2)cc1. The van der Waals surface area contributed by atoms with Crippen molar-refractivity contribution in [1.82, 2.24) is 5.32 Å². The molecule has 1 aromatic rings. The number of hydrogen-bond donors (Lipinski definition) is 2. The first-order valence-electron chi connectivity index (χ1n) is 6.40. The van der Waals surface area contributed by atoms with Crippen molar-refractivity contribution >= 4 is 5.69 Å². The maximum atomic E-state index is 9.47. The summed E-state index contributed by atoms with van der Waals surface area (Å²) >= 11 is 0. The molecule has 2 N–H and O–H groups in total. The summed E-state index contributed by atoms with van der Waals surface area (Å²) in [7, 11) is 2.10. The van der Waals surface area contributed by atoms with Crippen LogP contribution in [0.1, 0.15) is 18.9 Å². The van der Waals surface area contributed by atoms with Gasteiger partial charge in [0.25, 0.3) is 0 Å². The third-order valence-corrected chi connectivity index (χ3v) is 3.48. The van der Waals surface area contributed by atoms with Gasteiger partial charge in [-0.2, -0.15) is 0 Å². The summed E-state index contributed by atoms with van der Waals surface area (Å²) in [6.45, 7) is 3.85. The summed E-state index contributed by atoms with van der Waals surface area (Å²) in [5.74, 6) is 0. The van der Waals surface area contributed by atoms with Gasteiger partial charge in [0, 0.05) is 31.9 Å². The highest BCUT2D eigenvalue weighted by Gasteiger charge is 2.22. The summed E-state index contributed by atoms with van der Waals surface area (Å²) in [6.07, 6.45) is 1.77. The molecule has 0 radical (unpaired) electrons. The topological polar surface area (TPSA) is 35.5 Å². The highest BCUT2D eigenvalue weighted by Crippen LogP contribution is 2.16. The van der Waals surface area contributed by atoms with E-state index in [-0.39, 0.29) is 6.10 Å². The molecule has 1 aliphatic heterocycles. The van der Waals surface area contributed by atoms with E-state index in [2.05, 4.69) is 48.5 Å². The largest absolute Gasteiger partial charge is 0.392 e. The summed E-state index contributed by atoms with van der Waals surface area (Å²) < 4.78 is 0. The number of hydrogen-bond acceptors (Lipinski definition) is 3. The number of aliphatic hydroxyl groups is 1. The molecular weight excluding hydrogens is 212 g/mol. The molecule has 0 amide bonds.